The summed E-state index contributed by atoms with van der Waals surface area (Å²) < 4.78 is 15.9. The Morgan fingerprint density at radius 3 is 2.69 bits per heavy atom. The van der Waals surface area contributed by atoms with Crippen molar-refractivity contribution in [3.8, 4) is 11.3 Å². The highest BCUT2D eigenvalue weighted by Crippen LogP contribution is 2.43. The first-order chi connectivity index (χ1) is 14.0. The quantitative estimate of drug-likeness (QED) is 0.513. The molecule has 1 aromatic heterocycles. The summed E-state index contributed by atoms with van der Waals surface area (Å²) in [5.41, 5.74) is 9.68. The van der Waals surface area contributed by atoms with Gasteiger partial charge in [-0.2, -0.15) is 15.2 Å². The number of nitrogens with zero attached hydrogens (tertiary/aromatic N) is 2. The van der Waals surface area contributed by atoms with E-state index in [4.69, 9.17) is 23.2 Å². The zero-order chi connectivity index (χ0) is 20.5. The predicted octanol–water partition coefficient (Wildman–Crippen LogP) is 3.57. The van der Waals surface area contributed by atoms with Crippen LogP contribution in [0.15, 0.2) is 53.4 Å². The van der Waals surface area contributed by atoms with E-state index in [1.54, 1.807) is 12.1 Å². The number of aromatic nitrogens is 2. The van der Waals surface area contributed by atoms with Crippen LogP contribution in [-0.4, -0.2) is 20.2 Å². The standard InChI is InChI=1S/C20H20ClN5O2S/c1-11-14(3-2-4-16(11)21)18-10-19(26-20(22)25-18)24-17-9-15(17)12-5-7-13(8-6-12)29(27)28-23/h2-8,10,15,17H,9,23H2,1H3,(H3,22,24,25,26)/t15-,17?,29?/m1/s1. The van der Waals surface area contributed by atoms with Gasteiger partial charge in [0.15, 0.2) is 0 Å². The number of hydrogen-bond acceptors (Lipinski definition) is 7. The van der Waals surface area contributed by atoms with Gasteiger partial charge in [0.1, 0.15) is 5.82 Å². The van der Waals surface area contributed by atoms with Crippen molar-refractivity contribution >= 4 is 34.4 Å². The van der Waals surface area contributed by atoms with E-state index in [9.17, 15) is 4.21 Å². The first kappa shape index (κ1) is 19.8. The fourth-order valence-corrected chi connectivity index (χ4v) is 4.00. The van der Waals surface area contributed by atoms with Crippen LogP contribution < -0.4 is 16.9 Å². The average Bonchev–Trinajstić information content (AvgIpc) is 3.48. The van der Waals surface area contributed by atoms with E-state index in [1.165, 1.54) is 0 Å². The molecule has 5 N–H and O–H groups in total. The molecular formula is C20H20ClN5O2S. The van der Waals surface area contributed by atoms with Gasteiger partial charge >= 0.3 is 0 Å². The molecule has 1 fully saturated rings. The number of anilines is 2. The summed E-state index contributed by atoms with van der Waals surface area (Å²) in [4.78, 5) is 9.22. The Hall–Kier alpha value is -2.52. The van der Waals surface area contributed by atoms with Crippen LogP contribution in [0.3, 0.4) is 0 Å². The molecule has 150 valence electrons. The normalized spacial score (nSPS) is 19.0. The lowest BCUT2D eigenvalue weighted by Crippen LogP contribution is -2.09. The van der Waals surface area contributed by atoms with Crippen molar-refractivity contribution in [2.45, 2.75) is 30.2 Å². The number of hydrogen-bond donors (Lipinski definition) is 3. The maximum Gasteiger partial charge on any atom is 0.222 e. The van der Waals surface area contributed by atoms with Gasteiger partial charge < -0.3 is 11.1 Å². The largest absolute Gasteiger partial charge is 0.368 e. The Morgan fingerprint density at radius 1 is 1.21 bits per heavy atom. The zero-order valence-electron chi connectivity index (χ0n) is 15.6. The molecule has 0 radical (unpaired) electrons. The van der Waals surface area contributed by atoms with Crippen LogP contribution in [0.4, 0.5) is 11.8 Å². The number of benzene rings is 2. The minimum atomic E-state index is -1.64. The molecule has 1 heterocycles. The molecule has 0 spiro atoms. The van der Waals surface area contributed by atoms with Crippen molar-refractivity contribution in [1.82, 2.24) is 9.97 Å². The molecule has 1 aliphatic rings. The Morgan fingerprint density at radius 2 is 1.97 bits per heavy atom. The molecule has 7 nitrogen and oxygen atoms in total. The van der Waals surface area contributed by atoms with Crippen molar-refractivity contribution in [3.05, 3.63) is 64.7 Å². The summed E-state index contributed by atoms with van der Waals surface area (Å²) in [7, 11) is 0. The van der Waals surface area contributed by atoms with Gasteiger partial charge in [0.05, 0.1) is 10.6 Å². The monoisotopic (exact) mass is 429 g/mol. The van der Waals surface area contributed by atoms with Gasteiger partial charge in [0, 0.05) is 28.6 Å². The molecule has 0 amide bonds. The Kier molecular flexibility index (Phi) is 5.51. The summed E-state index contributed by atoms with van der Waals surface area (Å²) >= 11 is 4.60. The zero-order valence-corrected chi connectivity index (χ0v) is 17.2. The topological polar surface area (TPSA) is 116 Å². The molecule has 4 rings (SSSR count). The Bertz CT molecular complexity index is 1080. The van der Waals surface area contributed by atoms with E-state index in [0.717, 1.165) is 28.8 Å². The highest BCUT2D eigenvalue weighted by atomic mass is 35.5. The molecule has 1 saturated carbocycles. The number of nitrogens with one attached hydrogen (secondary N) is 1. The number of rotatable bonds is 6. The van der Waals surface area contributed by atoms with Gasteiger partial charge in [-0.15, -0.1) is 0 Å². The third-order valence-electron chi connectivity index (χ3n) is 5.00. The molecule has 29 heavy (non-hydrogen) atoms. The van der Waals surface area contributed by atoms with Gasteiger partial charge in [0.2, 0.25) is 17.0 Å². The smallest absolute Gasteiger partial charge is 0.222 e. The van der Waals surface area contributed by atoms with Crippen molar-refractivity contribution in [3.63, 3.8) is 0 Å². The lowest BCUT2D eigenvalue weighted by molar-refractivity contribution is 0.367. The van der Waals surface area contributed by atoms with Crippen LogP contribution in [0.1, 0.15) is 23.5 Å². The first-order valence-corrected chi connectivity index (χ1v) is 10.5. The third-order valence-corrected chi connectivity index (χ3v) is 6.24. The lowest BCUT2D eigenvalue weighted by atomic mass is 10.1. The molecule has 3 aromatic rings. The third kappa shape index (κ3) is 4.25. The van der Waals surface area contributed by atoms with Gasteiger partial charge in [-0.25, -0.2) is 9.19 Å². The van der Waals surface area contributed by atoms with E-state index >= 15 is 0 Å². The second kappa shape index (κ2) is 8.08. The molecule has 2 aromatic carbocycles. The highest BCUT2D eigenvalue weighted by Gasteiger charge is 2.38. The molecule has 0 bridgehead atoms. The van der Waals surface area contributed by atoms with Gasteiger partial charge in [-0.1, -0.05) is 35.9 Å². The summed E-state index contributed by atoms with van der Waals surface area (Å²) in [5, 5.41) is 4.11. The number of halogens is 1. The van der Waals surface area contributed by atoms with Gasteiger partial charge in [-0.05, 0) is 42.7 Å². The van der Waals surface area contributed by atoms with Crippen molar-refractivity contribution in [2.75, 3.05) is 11.1 Å². The van der Waals surface area contributed by atoms with E-state index in [1.807, 2.05) is 43.3 Å². The van der Waals surface area contributed by atoms with Crippen LogP contribution in [0, 0.1) is 6.92 Å². The molecule has 3 atom stereocenters. The van der Waals surface area contributed by atoms with Crippen LogP contribution in [0.25, 0.3) is 11.3 Å². The number of nitrogen functional groups attached to an aromatic ring is 1. The van der Waals surface area contributed by atoms with Gasteiger partial charge in [-0.3, -0.25) is 0 Å². The Labute approximate surface area is 176 Å². The maximum atomic E-state index is 11.6. The number of nitrogens with two attached hydrogens (primary N) is 2. The predicted molar refractivity (Wildman–Crippen MR) is 115 cm³/mol. The summed E-state index contributed by atoms with van der Waals surface area (Å²) in [6.45, 7) is 1.95. The highest BCUT2D eigenvalue weighted by molar-refractivity contribution is 7.80. The van der Waals surface area contributed by atoms with Crippen LogP contribution >= 0.6 is 11.6 Å². The SMILES string of the molecule is Cc1c(Cl)cccc1-c1cc(NC2C[C@@H]2c2ccc(S(=O)ON)cc2)nc(N)n1. The van der Waals surface area contributed by atoms with E-state index in [2.05, 4.69) is 19.6 Å². The summed E-state index contributed by atoms with van der Waals surface area (Å²) in [6, 6.07) is 15.2. The van der Waals surface area contributed by atoms with Gasteiger partial charge in [0.25, 0.3) is 0 Å². The second-order valence-electron chi connectivity index (χ2n) is 6.90. The van der Waals surface area contributed by atoms with E-state index in [0.29, 0.717) is 21.7 Å². The molecule has 0 saturated heterocycles. The molecule has 1 aliphatic carbocycles. The second-order valence-corrected chi connectivity index (χ2v) is 8.44. The molecule has 9 heteroatoms. The van der Waals surface area contributed by atoms with E-state index in [-0.39, 0.29) is 12.0 Å². The molecule has 0 aliphatic heterocycles. The van der Waals surface area contributed by atoms with Crippen molar-refractivity contribution in [1.29, 1.82) is 0 Å². The maximum absolute atomic E-state index is 11.6. The minimum Gasteiger partial charge on any atom is -0.368 e. The average molecular weight is 430 g/mol. The lowest BCUT2D eigenvalue weighted by Gasteiger charge is -2.11. The molecule has 2 unspecified atom stereocenters. The van der Waals surface area contributed by atoms with Crippen molar-refractivity contribution < 1.29 is 8.49 Å². The minimum absolute atomic E-state index is 0.204. The van der Waals surface area contributed by atoms with Crippen LogP contribution in [0.2, 0.25) is 5.02 Å². The fraction of sp³-hybridized carbons (Fsp3) is 0.200. The fourth-order valence-electron chi connectivity index (χ4n) is 3.36. The summed E-state index contributed by atoms with van der Waals surface area (Å²) in [5.74, 6) is 6.18. The molecular weight excluding hydrogens is 410 g/mol. The van der Waals surface area contributed by atoms with Crippen molar-refractivity contribution in [2.24, 2.45) is 5.90 Å². The first-order valence-electron chi connectivity index (χ1n) is 9.02. The Balaban J connectivity index is 1.50. The van der Waals surface area contributed by atoms with E-state index < -0.39 is 11.1 Å². The van der Waals surface area contributed by atoms with Crippen LogP contribution in [0.5, 0.6) is 0 Å². The summed E-state index contributed by atoms with van der Waals surface area (Å²) in [6.07, 6.45) is 0.964. The van der Waals surface area contributed by atoms with Crippen LogP contribution in [-0.2, 0) is 15.4 Å².